The monoisotopic (exact) mass is 364 g/mol. The van der Waals surface area contributed by atoms with Crippen LogP contribution in [0.2, 0.25) is 0 Å². The molecule has 0 radical (unpaired) electrons. The third-order valence-corrected chi connectivity index (χ3v) is 5.32. The summed E-state index contributed by atoms with van der Waals surface area (Å²) in [4.78, 5) is 18.1. The molecule has 5 heteroatoms. The molecule has 0 atom stereocenters. The summed E-state index contributed by atoms with van der Waals surface area (Å²) in [6.07, 6.45) is 9.34. The number of hydrogen-bond acceptors (Lipinski definition) is 3. The van der Waals surface area contributed by atoms with Gasteiger partial charge in [-0.25, -0.2) is 4.85 Å². The molecule has 2 heterocycles. The van der Waals surface area contributed by atoms with E-state index in [0.717, 1.165) is 28.4 Å². The Balaban J connectivity index is 1.67. The quantitative estimate of drug-likeness (QED) is 0.582. The van der Waals surface area contributed by atoms with Crippen molar-refractivity contribution in [2.24, 2.45) is 0 Å². The number of carboxylic acid groups (broad SMARTS) is 1. The zero-order valence-corrected chi connectivity index (χ0v) is 15.2. The molecular formula is C21H20N2O2S. The van der Waals surface area contributed by atoms with E-state index in [2.05, 4.69) is 34.0 Å². The first-order valence-corrected chi connectivity index (χ1v) is 9.43. The number of carboxylic acids is 1. The first-order valence-electron chi connectivity index (χ1n) is 8.61. The van der Waals surface area contributed by atoms with E-state index in [1.54, 1.807) is 0 Å². The summed E-state index contributed by atoms with van der Waals surface area (Å²) in [6.45, 7) is 9.18. The average Bonchev–Trinajstić information content (AvgIpc) is 3.13. The summed E-state index contributed by atoms with van der Waals surface area (Å²) in [5.41, 5.74) is 2.14. The fourth-order valence-corrected chi connectivity index (χ4v) is 3.79. The number of piperidine rings is 1. The van der Waals surface area contributed by atoms with E-state index >= 15 is 0 Å². The summed E-state index contributed by atoms with van der Waals surface area (Å²) in [5, 5.41) is 8.92. The fourth-order valence-electron chi connectivity index (χ4n) is 2.94. The number of carbonyl (C=O) groups is 1. The number of rotatable bonds is 5. The molecule has 1 aliphatic heterocycles. The maximum atomic E-state index is 10.9. The van der Waals surface area contributed by atoms with Gasteiger partial charge < -0.3 is 10.0 Å². The molecule has 0 amide bonds. The van der Waals surface area contributed by atoms with Gasteiger partial charge in [0.05, 0.1) is 6.57 Å². The maximum absolute atomic E-state index is 10.9. The van der Waals surface area contributed by atoms with Gasteiger partial charge in [-0.15, -0.1) is 11.3 Å². The van der Waals surface area contributed by atoms with Crippen LogP contribution in [0.15, 0.2) is 42.1 Å². The lowest BCUT2D eigenvalue weighted by Crippen LogP contribution is -2.29. The number of nitrogens with zero attached hydrogens (tertiary/aromatic N) is 2. The molecule has 26 heavy (non-hydrogen) atoms. The minimum Gasteiger partial charge on any atom is -0.486 e. The van der Waals surface area contributed by atoms with Gasteiger partial charge in [-0.3, -0.25) is 4.79 Å². The first kappa shape index (κ1) is 18.0. The van der Waals surface area contributed by atoms with Crippen molar-refractivity contribution in [3.05, 3.63) is 68.8 Å². The third-order valence-electron chi connectivity index (χ3n) is 4.32. The highest BCUT2D eigenvalue weighted by Gasteiger charge is 2.10. The van der Waals surface area contributed by atoms with Crippen LogP contribution >= 0.6 is 11.3 Å². The largest absolute Gasteiger partial charge is 0.486 e. The molecule has 1 fully saturated rings. The lowest BCUT2D eigenvalue weighted by atomic mass is 10.1. The van der Waals surface area contributed by atoms with Gasteiger partial charge >= 0.3 is 5.97 Å². The summed E-state index contributed by atoms with van der Waals surface area (Å²) >= 11 is 1.46. The second-order valence-corrected chi connectivity index (χ2v) is 7.31. The molecule has 0 aliphatic carbocycles. The van der Waals surface area contributed by atoms with Crippen molar-refractivity contribution >= 4 is 41.2 Å². The molecule has 0 unspecified atom stereocenters. The first-order chi connectivity index (χ1) is 12.7. The van der Waals surface area contributed by atoms with E-state index < -0.39 is 5.97 Å². The van der Waals surface area contributed by atoms with Crippen molar-refractivity contribution < 1.29 is 9.90 Å². The fraction of sp³-hybridized carbons (Fsp3) is 0.238. The highest BCUT2D eigenvalue weighted by atomic mass is 32.1. The van der Waals surface area contributed by atoms with Gasteiger partial charge in [0.15, 0.2) is 0 Å². The Labute approximate surface area is 157 Å². The molecule has 1 saturated heterocycles. The number of hydrogen-bond donors (Lipinski definition) is 1. The van der Waals surface area contributed by atoms with Crippen LogP contribution in [-0.4, -0.2) is 24.2 Å². The molecule has 1 aliphatic rings. The van der Waals surface area contributed by atoms with Crippen molar-refractivity contribution in [2.75, 3.05) is 18.0 Å². The number of anilines is 1. The van der Waals surface area contributed by atoms with Crippen LogP contribution in [0.3, 0.4) is 0 Å². The second kappa shape index (κ2) is 8.50. The number of benzene rings is 1. The molecular weight excluding hydrogens is 344 g/mol. The molecule has 0 spiro atoms. The van der Waals surface area contributed by atoms with Crippen LogP contribution in [0.1, 0.15) is 34.6 Å². The predicted molar refractivity (Wildman–Crippen MR) is 108 cm³/mol. The van der Waals surface area contributed by atoms with Crippen molar-refractivity contribution in [3.8, 4) is 0 Å². The summed E-state index contributed by atoms with van der Waals surface area (Å²) in [7, 11) is 0. The van der Waals surface area contributed by atoms with E-state index in [4.69, 9.17) is 11.7 Å². The third kappa shape index (κ3) is 4.62. The average molecular weight is 364 g/mol. The van der Waals surface area contributed by atoms with Crippen LogP contribution in [0.5, 0.6) is 0 Å². The van der Waals surface area contributed by atoms with E-state index in [-0.39, 0.29) is 5.70 Å². The molecule has 1 aromatic heterocycles. The number of aliphatic carboxylic acids is 1. The Kier molecular flexibility index (Phi) is 5.88. The Bertz CT molecular complexity index is 866. The molecule has 0 bridgehead atoms. The van der Waals surface area contributed by atoms with Crippen LogP contribution in [0.25, 0.3) is 23.1 Å². The smallest absolute Gasteiger partial charge is 0.333 e. The SMILES string of the molecule is [C-]#[N+]/C(=C\c1ccc(/C=C/c2ccc(N3CCCCC3)cc2)s1)C(=O)O. The normalized spacial score (nSPS) is 15.2. The van der Waals surface area contributed by atoms with Gasteiger partial charge in [-0.2, -0.15) is 0 Å². The van der Waals surface area contributed by atoms with Gasteiger partial charge in [0.1, 0.15) is 0 Å². The van der Waals surface area contributed by atoms with Crippen LogP contribution in [-0.2, 0) is 4.79 Å². The van der Waals surface area contributed by atoms with Crippen LogP contribution in [0.4, 0.5) is 5.69 Å². The minimum atomic E-state index is -1.20. The Hall–Kier alpha value is -2.84. The van der Waals surface area contributed by atoms with Crippen molar-refractivity contribution in [1.29, 1.82) is 0 Å². The zero-order chi connectivity index (χ0) is 18.4. The summed E-state index contributed by atoms with van der Waals surface area (Å²) in [6, 6.07) is 12.3. The molecule has 0 saturated carbocycles. The molecule has 4 nitrogen and oxygen atoms in total. The maximum Gasteiger partial charge on any atom is 0.333 e. The van der Waals surface area contributed by atoms with E-state index in [0.29, 0.717) is 0 Å². The lowest BCUT2D eigenvalue weighted by molar-refractivity contribution is -0.132. The Morgan fingerprint density at radius 2 is 1.73 bits per heavy atom. The van der Waals surface area contributed by atoms with Gasteiger partial charge in [0, 0.05) is 28.5 Å². The standard InChI is InChI=1S/C21H20N2O2S/c1-22-20(21(24)25)15-19-12-11-18(26-19)10-7-16-5-8-17(9-6-16)23-13-3-2-4-14-23/h5-12,15H,2-4,13-14H2,(H,24,25)/b10-7+,20-15-. The van der Waals surface area contributed by atoms with Crippen molar-refractivity contribution in [2.45, 2.75) is 19.3 Å². The molecule has 132 valence electrons. The van der Waals surface area contributed by atoms with Gasteiger partial charge in [-0.05, 0) is 61.2 Å². The summed E-state index contributed by atoms with van der Waals surface area (Å²) < 4.78 is 0. The van der Waals surface area contributed by atoms with Crippen molar-refractivity contribution in [3.63, 3.8) is 0 Å². The van der Waals surface area contributed by atoms with Gasteiger partial charge in [0.25, 0.3) is 5.70 Å². The highest BCUT2D eigenvalue weighted by molar-refractivity contribution is 7.13. The summed E-state index contributed by atoms with van der Waals surface area (Å²) in [5.74, 6) is -1.20. The van der Waals surface area contributed by atoms with Crippen molar-refractivity contribution in [1.82, 2.24) is 0 Å². The lowest BCUT2D eigenvalue weighted by Gasteiger charge is -2.28. The predicted octanol–water partition coefficient (Wildman–Crippen LogP) is 5.25. The topological polar surface area (TPSA) is 44.9 Å². The van der Waals surface area contributed by atoms with Crippen LogP contribution < -0.4 is 4.90 Å². The molecule has 1 aromatic carbocycles. The molecule has 2 aromatic rings. The Morgan fingerprint density at radius 3 is 2.38 bits per heavy atom. The number of thiophene rings is 1. The molecule has 1 N–H and O–H groups in total. The molecule has 3 rings (SSSR count). The second-order valence-electron chi connectivity index (χ2n) is 6.16. The van der Waals surface area contributed by atoms with Crippen LogP contribution in [0, 0.1) is 6.57 Å². The van der Waals surface area contributed by atoms with E-state index in [1.165, 1.54) is 42.4 Å². The zero-order valence-electron chi connectivity index (χ0n) is 14.4. The minimum absolute atomic E-state index is 0.268. The van der Waals surface area contributed by atoms with Gasteiger partial charge in [-0.1, -0.05) is 18.2 Å². The van der Waals surface area contributed by atoms with Gasteiger partial charge in [0.2, 0.25) is 0 Å². The van der Waals surface area contributed by atoms with E-state index in [9.17, 15) is 4.79 Å². The Morgan fingerprint density at radius 1 is 1.04 bits per heavy atom. The van der Waals surface area contributed by atoms with E-state index in [1.807, 2.05) is 24.3 Å². The highest BCUT2D eigenvalue weighted by Crippen LogP contribution is 2.24.